The van der Waals surface area contributed by atoms with E-state index in [0.29, 0.717) is 5.82 Å². The van der Waals surface area contributed by atoms with Crippen molar-refractivity contribution in [2.75, 3.05) is 0 Å². The van der Waals surface area contributed by atoms with Gasteiger partial charge in [-0.2, -0.15) is 15.0 Å². The first-order chi connectivity index (χ1) is 6.75. The molecule has 1 aromatic rings. The van der Waals surface area contributed by atoms with E-state index in [1.54, 1.807) is 0 Å². The first kappa shape index (κ1) is 9.62. The van der Waals surface area contributed by atoms with E-state index in [-0.39, 0.29) is 10.6 Å². The number of rotatable bonds is 1. The van der Waals surface area contributed by atoms with Gasteiger partial charge in [0.25, 0.3) is 0 Å². The molecular weight excluding hydrogens is 221 g/mol. The number of allylic oxidation sites excluding steroid dienone is 4. The lowest BCUT2D eigenvalue weighted by Crippen LogP contribution is -1.97. The average Bonchev–Trinajstić information content (AvgIpc) is 2.18. The zero-order valence-corrected chi connectivity index (χ0v) is 8.76. The maximum Gasteiger partial charge on any atom is 0.227 e. The van der Waals surface area contributed by atoms with Crippen LogP contribution in [0.15, 0.2) is 18.2 Å². The predicted molar refractivity (Wildman–Crippen MR) is 56.2 cm³/mol. The monoisotopic (exact) mass is 227 g/mol. The van der Waals surface area contributed by atoms with E-state index >= 15 is 0 Å². The van der Waals surface area contributed by atoms with E-state index in [9.17, 15) is 0 Å². The lowest BCUT2D eigenvalue weighted by Gasteiger charge is -2.05. The molecule has 0 radical (unpaired) electrons. The molecule has 0 saturated heterocycles. The minimum Gasteiger partial charge on any atom is -0.198 e. The van der Waals surface area contributed by atoms with Crippen molar-refractivity contribution in [1.82, 2.24) is 15.0 Å². The number of hydrogen-bond donors (Lipinski definition) is 0. The molecule has 1 aromatic heterocycles. The fraction of sp³-hybridized carbons (Fsp3) is 0.222. The van der Waals surface area contributed by atoms with Crippen molar-refractivity contribution in [1.29, 1.82) is 0 Å². The third-order valence-electron chi connectivity index (χ3n) is 1.83. The van der Waals surface area contributed by atoms with Crippen LogP contribution in [0.5, 0.6) is 0 Å². The number of aromatic nitrogens is 3. The molecule has 2 rings (SSSR count). The molecule has 72 valence electrons. The predicted octanol–water partition coefficient (Wildman–Crippen LogP) is 2.91. The summed E-state index contributed by atoms with van der Waals surface area (Å²) in [7, 11) is 0. The molecule has 3 nitrogen and oxygen atoms in total. The van der Waals surface area contributed by atoms with Crippen LogP contribution in [0.3, 0.4) is 0 Å². The standard InChI is InChI=1S/C9H7Cl2N3/c10-8-12-7(13-9(11)14-8)6-4-2-1-3-5-6/h2,4-5H,1,3H2. The van der Waals surface area contributed by atoms with Crippen molar-refractivity contribution >= 4 is 28.8 Å². The fourth-order valence-electron chi connectivity index (χ4n) is 1.23. The number of hydrogen-bond acceptors (Lipinski definition) is 3. The molecule has 0 bridgehead atoms. The quantitative estimate of drug-likeness (QED) is 0.741. The molecule has 0 saturated carbocycles. The SMILES string of the molecule is Clc1nc(Cl)nc(C2=CCCC=C2)n1. The van der Waals surface area contributed by atoms with Crippen LogP contribution in [-0.4, -0.2) is 15.0 Å². The van der Waals surface area contributed by atoms with E-state index in [2.05, 4.69) is 27.1 Å². The smallest absolute Gasteiger partial charge is 0.198 e. The summed E-state index contributed by atoms with van der Waals surface area (Å²) in [6.07, 6.45) is 8.14. The van der Waals surface area contributed by atoms with Gasteiger partial charge in [0.1, 0.15) is 0 Å². The maximum atomic E-state index is 5.67. The molecule has 0 atom stereocenters. The molecule has 0 fully saturated rings. The Morgan fingerprint density at radius 1 is 1.00 bits per heavy atom. The fourth-order valence-corrected chi connectivity index (χ4v) is 1.60. The van der Waals surface area contributed by atoms with E-state index in [1.165, 1.54) is 0 Å². The summed E-state index contributed by atoms with van der Waals surface area (Å²) in [5.41, 5.74) is 0.947. The maximum absolute atomic E-state index is 5.67. The van der Waals surface area contributed by atoms with Crippen molar-refractivity contribution in [2.45, 2.75) is 12.8 Å². The van der Waals surface area contributed by atoms with E-state index in [1.807, 2.05) is 6.08 Å². The summed E-state index contributed by atoms with van der Waals surface area (Å²) in [6, 6.07) is 0. The molecule has 0 aliphatic heterocycles. The van der Waals surface area contributed by atoms with Crippen LogP contribution in [0.2, 0.25) is 10.6 Å². The Balaban J connectivity index is 2.40. The minimum absolute atomic E-state index is 0.125. The molecule has 0 spiro atoms. The molecule has 0 aromatic carbocycles. The topological polar surface area (TPSA) is 38.7 Å². The highest BCUT2D eigenvalue weighted by Crippen LogP contribution is 2.19. The van der Waals surface area contributed by atoms with Crippen molar-refractivity contribution in [3.8, 4) is 0 Å². The summed E-state index contributed by atoms with van der Waals surface area (Å²) in [4.78, 5) is 11.7. The third kappa shape index (κ3) is 2.11. The van der Waals surface area contributed by atoms with Crippen molar-refractivity contribution in [3.63, 3.8) is 0 Å². The van der Waals surface area contributed by atoms with Gasteiger partial charge in [-0.15, -0.1) is 0 Å². The van der Waals surface area contributed by atoms with Crippen LogP contribution in [-0.2, 0) is 0 Å². The molecule has 1 aliphatic rings. The highest BCUT2D eigenvalue weighted by Gasteiger charge is 2.07. The van der Waals surface area contributed by atoms with E-state index < -0.39 is 0 Å². The van der Waals surface area contributed by atoms with Gasteiger partial charge in [-0.3, -0.25) is 0 Å². The van der Waals surface area contributed by atoms with Gasteiger partial charge in [0, 0.05) is 5.57 Å². The second kappa shape index (κ2) is 4.07. The highest BCUT2D eigenvalue weighted by atomic mass is 35.5. The molecular formula is C9H7Cl2N3. The Morgan fingerprint density at radius 2 is 1.71 bits per heavy atom. The molecule has 0 unspecified atom stereocenters. The summed E-state index contributed by atoms with van der Waals surface area (Å²) < 4.78 is 0. The van der Waals surface area contributed by atoms with Crippen LogP contribution in [0.25, 0.3) is 5.57 Å². The van der Waals surface area contributed by atoms with Crippen molar-refractivity contribution in [3.05, 3.63) is 34.6 Å². The zero-order valence-electron chi connectivity index (χ0n) is 7.24. The van der Waals surface area contributed by atoms with Crippen LogP contribution in [0.1, 0.15) is 18.7 Å². The lowest BCUT2D eigenvalue weighted by molar-refractivity contribution is 0.996. The Kier molecular flexibility index (Phi) is 2.79. The summed E-state index contributed by atoms with van der Waals surface area (Å²) in [5, 5.41) is 0.250. The molecule has 0 N–H and O–H groups in total. The molecule has 0 amide bonds. The largest absolute Gasteiger partial charge is 0.227 e. The first-order valence-electron chi connectivity index (χ1n) is 4.20. The normalized spacial score (nSPS) is 15.4. The zero-order chi connectivity index (χ0) is 9.97. The molecule has 1 aliphatic carbocycles. The Hall–Kier alpha value is -0.930. The van der Waals surface area contributed by atoms with Gasteiger partial charge in [-0.25, -0.2) is 0 Å². The Labute approximate surface area is 91.5 Å². The van der Waals surface area contributed by atoms with E-state index in [4.69, 9.17) is 23.2 Å². The van der Waals surface area contributed by atoms with Gasteiger partial charge >= 0.3 is 0 Å². The summed E-state index contributed by atoms with van der Waals surface area (Å²) in [5.74, 6) is 0.533. The highest BCUT2D eigenvalue weighted by molar-refractivity contribution is 6.31. The van der Waals surface area contributed by atoms with Gasteiger partial charge in [-0.1, -0.05) is 18.2 Å². The van der Waals surface area contributed by atoms with Crippen molar-refractivity contribution in [2.24, 2.45) is 0 Å². The second-order valence-corrected chi connectivity index (χ2v) is 3.51. The summed E-state index contributed by atoms with van der Waals surface area (Å²) in [6.45, 7) is 0. The number of nitrogens with zero attached hydrogens (tertiary/aromatic N) is 3. The minimum atomic E-state index is 0.125. The van der Waals surface area contributed by atoms with Crippen LogP contribution in [0.4, 0.5) is 0 Å². The Bertz CT molecular complexity index is 392. The van der Waals surface area contributed by atoms with Crippen LogP contribution >= 0.6 is 23.2 Å². The number of halogens is 2. The van der Waals surface area contributed by atoms with E-state index in [0.717, 1.165) is 18.4 Å². The van der Waals surface area contributed by atoms with Gasteiger partial charge in [0.15, 0.2) is 5.82 Å². The van der Waals surface area contributed by atoms with Crippen LogP contribution in [0, 0.1) is 0 Å². The van der Waals surface area contributed by atoms with Crippen molar-refractivity contribution < 1.29 is 0 Å². The van der Waals surface area contributed by atoms with Gasteiger partial charge in [0.2, 0.25) is 10.6 Å². The Morgan fingerprint density at radius 3 is 2.29 bits per heavy atom. The molecule has 1 heterocycles. The van der Waals surface area contributed by atoms with Gasteiger partial charge in [-0.05, 0) is 36.0 Å². The first-order valence-corrected chi connectivity index (χ1v) is 4.95. The lowest BCUT2D eigenvalue weighted by atomic mass is 10.1. The third-order valence-corrected chi connectivity index (χ3v) is 2.17. The van der Waals surface area contributed by atoms with Gasteiger partial charge in [0.05, 0.1) is 0 Å². The molecule has 5 heteroatoms. The van der Waals surface area contributed by atoms with Crippen LogP contribution < -0.4 is 0 Å². The average molecular weight is 228 g/mol. The summed E-state index contributed by atoms with van der Waals surface area (Å²) >= 11 is 11.3. The van der Waals surface area contributed by atoms with Gasteiger partial charge < -0.3 is 0 Å². The second-order valence-electron chi connectivity index (χ2n) is 2.84. The molecule has 14 heavy (non-hydrogen) atoms.